The summed E-state index contributed by atoms with van der Waals surface area (Å²) in [5.74, 6) is 0.398. The van der Waals surface area contributed by atoms with Gasteiger partial charge in [0.05, 0.1) is 7.11 Å². The van der Waals surface area contributed by atoms with Crippen LogP contribution in [0.15, 0.2) is 24.3 Å². The molecule has 0 heterocycles. The van der Waals surface area contributed by atoms with Crippen LogP contribution in [0.25, 0.3) is 0 Å². The highest BCUT2D eigenvalue weighted by Crippen LogP contribution is 2.15. The molecule has 0 aliphatic rings. The molecule has 168 valence electrons. The lowest BCUT2D eigenvalue weighted by Gasteiger charge is -2.06. The molecule has 0 aliphatic heterocycles. The van der Waals surface area contributed by atoms with Gasteiger partial charge in [0, 0.05) is 16.7 Å². The molecule has 0 aromatic heterocycles. The maximum Gasteiger partial charge on any atom is 0.694 e. The van der Waals surface area contributed by atoms with Gasteiger partial charge >= 0.3 is 8.25 Å². The molecule has 6 heteroatoms. The maximum absolute atomic E-state index is 9.69. The van der Waals surface area contributed by atoms with Gasteiger partial charge in [-0.1, -0.05) is 102 Å². The molecule has 0 fully saturated rings. The van der Waals surface area contributed by atoms with Crippen LogP contribution in [0.5, 0.6) is 5.75 Å². The molecule has 0 saturated heterocycles. The summed E-state index contributed by atoms with van der Waals surface area (Å²) in [7, 11) is -1.18. The quantitative estimate of drug-likeness (QED) is 0.187. The largest absolute Gasteiger partial charge is 0.694 e. The SMILES string of the molecule is CCCCCCCCCCCCCCCNCc1ccccc1O.CO[P+](=O)O. The number of nitrogens with one attached hydrogen (secondary N) is 1. The van der Waals surface area contributed by atoms with E-state index in [2.05, 4.69) is 16.8 Å². The van der Waals surface area contributed by atoms with Crippen molar-refractivity contribution in [2.24, 2.45) is 0 Å². The second-order valence-electron chi connectivity index (χ2n) is 7.47. The van der Waals surface area contributed by atoms with E-state index in [9.17, 15) is 9.67 Å². The van der Waals surface area contributed by atoms with Gasteiger partial charge in [0.1, 0.15) is 5.75 Å². The number of hydrogen-bond acceptors (Lipinski definition) is 4. The lowest BCUT2D eigenvalue weighted by atomic mass is 10.0. The van der Waals surface area contributed by atoms with Crippen molar-refractivity contribution < 1.29 is 19.1 Å². The van der Waals surface area contributed by atoms with Crippen molar-refractivity contribution in [2.45, 2.75) is 96.9 Å². The minimum atomic E-state index is -2.35. The molecule has 0 spiro atoms. The van der Waals surface area contributed by atoms with Crippen molar-refractivity contribution in [2.75, 3.05) is 13.7 Å². The molecule has 1 atom stereocenters. The smallest absolute Gasteiger partial charge is 0.508 e. The molecule has 0 amide bonds. The highest BCUT2D eigenvalue weighted by molar-refractivity contribution is 7.32. The van der Waals surface area contributed by atoms with Gasteiger partial charge in [-0.05, 0) is 19.0 Å². The Kier molecular flexibility index (Phi) is 21.0. The monoisotopic (exact) mass is 428 g/mol. The normalized spacial score (nSPS) is 11.1. The molecule has 29 heavy (non-hydrogen) atoms. The maximum atomic E-state index is 9.69. The Hall–Kier alpha value is -1.00. The van der Waals surface area contributed by atoms with Crippen molar-refractivity contribution in [3.05, 3.63) is 29.8 Å². The number of hydrogen-bond donors (Lipinski definition) is 3. The topological polar surface area (TPSA) is 78.8 Å². The number of aromatic hydroxyl groups is 1. The molecule has 1 rings (SSSR count). The van der Waals surface area contributed by atoms with Gasteiger partial charge in [-0.3, -0.25) is 0 Å². The first-order valence-corrected chi connectivity index (χ1v) is 12.4. The summed E-state index contributed by atoms with van der Waals surface area (Å²) < 4.78 is 13.1. The summed E-state index contributed by atoms with van der Waals surface area (Å²) in [6.45, 7) is 4.10. The Morgan fingerprint density at radius 3 is 1.76 bits per heavy atom. The fourth-order valence-corrected chi connectivity index (χ4v) is 3.15. The Bertz CT molecular complexity index is 500. The first kappa shape index (κ1) is 28.0. The van der Waals surface area contributed by atoms with Crippen LogP contribution < -0.4 is 5.32 Å². The second kappa shape index (κ2) is 21.7. The number of para-hydroxylation sites is 1. The molecule has 0 saturated carbocycles. The van der Waals surface area contributed by atoms with Gasteiger partial charge in [0.25, 0.3) is 0 Å². The zero-order chi connectivity index (χ0) is 21.6. The highest BCUT2D eigenvalue weighted by Gasteiger charge is 2.02. The van der Waals surface area contributed by atoms with E-state index >= 15 is 0 Å². The summed E-state index contributed by atoms with van der Waals surface area (Å²) >= 11 is 0. The van der Waals surface area contributed by atoms with Crippen molar-refractivity contribution >= 4 is 8.25 Å². The minimum absolute atomic E-state index is 0.398. The molecular formula is C23H43NO4P+. The van der Waals surface area contributed by atoms with Crippen LogP contribution in [0, 0.1) is 0 Å². The number of unbranched alkanes of at least 4 members (excludes halogenated alkanes) is 12. The van der Waals surface area contributed by atoms with Crippen LogP contribution in [0.1, 0.15) is 96.0 Å². The fourth-order valence-electron chi connectivity index (χ4n) is 3.15. The van der Waals surface area contributed by atoms with E-state index in [1.807, 2.05) is 18.2 Å². The summed E-state index contributed by atoms with van der Waals surface area (Å²) in [4.78, 5) is 7.65. The van der Waals surface area contributed by atoms with E-state index in [0.29, 0.717) is 5.75 Å². The summed E-state index contributed by atoms with van der Waals surface area (Å²) in [6, 6.07) is 7.57. The predicted molar refractivity (Wildman–Crippen MR) is 122 cm³/mol. The molecule has 0 aliphatic carbocycles. The van der Waals surface area contributed by atoms with Gasteiger partial charge in [-0.15, -0.1) is 9.42 Å². The van der Waals surface area contributed by atoms with E-state index in [4.69, 9.17) is 4.89 Å². The van der Waals surface area contributed by atoms with Gasteiger partial charge in [0.2, 0.25) is 0 Å². The Balaban J connectivity index is 0.00000139. The van der Waals surface area contributed by atoms with E-state index in [-0.39, 0.29) is 0 Å². The van der Waals surface area contributed by atoms with Crippen LogP contribution in [0.3, 0.4) is 0 Å². The molecule has 5 nitrogen and oxygen atoms in total. The van der Waals surface area contributed by atoms with E-state index in [1.54, 1.807) is 6.07 Å². The molecular weight excluding hydrogens is 385 g/mol. The summed E-state index contributed by atoms with van der Waals surface area (Å²) in [5, 5.41) is 13.1. The predicted octanol–water partition coefficient (Wildman–Crippen LogP) is 6.86. The molecule has 3 N–H and O–H groups in total. The number of phenolic OH excluding ortho intramolecular Hbond substituents is 1. The number of rotatable bonds is 17. The van der Waals surface area contributed by atoms with Crippen LogP contribution in [-0.4, -0.2) is 23.7 Å². The van der Waals surface area contributed by atoms with Crippen molar-refractivity contribution in [1.82, 2.24) is 5.32 Å². The minimum Gasteiger partial charge on any atom is -0.508 e. The zero-order valence-electron chi connectivity index (χ0n) is 18.6. The standard InChI is InChI=1S/C22H39NO.CH3O3P/c1-2-3-4-5-6-7-8-9-10-11-12-13-16-19-23-20-21-17-14-15-18-22(21)24;1-4-5(2)3/h14-15,17-18,23-24H,2-13,16,19-20H2,1H3;1H3/p+1. The molecule has 1 aromatic carbocycles. The third-order valence-corrected chi connectivity index (χ3v) is 5.23. The van der Waals surface area contributed by atoms with Crippen LogP contribution in [0.2, 0.25) is 0 Å². The average Bonchev–Trinajstić information content (AvgIpc) is 2.72. The van der Waals surface area contributed by atoms with E-state index in [1.165, 1.54) is 90.6 Å². The lowest BCUT2D eigenvalue weighted by Crippen LogP contribution is -2.14. The Labute approximate surface area is 179 Å². The van der Waals surface area contributed by atoms with Crippen LogP contribution >= 0.6 is 8.25 Å². The Morgan fingerprint density at radius 1 is 0.862 bits per heavy atom. The van der Waals surface area contributed by atoms with Gasteiger partial charge in [0.15, 0.2) is 0 Å². The molecule has 1 unspecified atom stereocenters. The van der Waals surface area contributed by atoms with Crippen molar-refractivity contribution in [3.63, 3.8) is 0 Å². The van der Waals surface area contributed by atoms with Crippen molar-refractivity contribution in [1.29, 1.82) is 0 Å². The molecule has 1 aromatic rings. The van der Waals surface area contributed by atoms with E-state index in [0.717, 1.165) is 18.7 Å². The summed E-state index contributed by atoms with van der Waals surface area (Å²) in [5.41, 5.74) is 0.993. The summed E-state index contributed by atoms with van der Waals surface area (Å²) in [6.07, 6.45) is 18.2. The highest BCUT2D eigenvalue weighted by atomic mass is 31.1. The molecule has 0 bridgehead atoms. The third-order valence-electron chi connectivity index (χ3n) is 4.92. The van der Waals surface area contributed by atoms with Crippen molar-refractivity contribution in [3.8, 4) is 5.75 Å². The first-order chi connectivity index (χ1) is 14.1. The first-order valence-electron chi connectivity index (χ1n) is 11.3. The molecule has 0 radical (unpaired) electrons. The number of benzene rings is 1. The fraction of sp³-hybridized carbons (Fsp3) is 0.739. The van der Waals surface area contributed by atoms with Gasteiger partial charge in [-0.25, -0.2) is 0 Å². The van der Waals surface area contributed by atoms with Gasteiger partial charge < -0.3 is 10.4 Å². The van der Waals surface area contributed by atoms with Crippen LogP contribution in [0.4, 0.5) is 0 Å². The average molecular weight is 429 g/mol. The second-order valence-corrected chi connectivity index (χ2v) is 8.31. The Morgan fingerprint density at radius 2 is 1.31 bits per heavy atom. The third kappa shape index (κ3) is 20.1. The van der Waals surface area contributed by atoms with E-state index < -0.39 is 8.25 Å². The van der Waals surface area contributed by atoms with Crippen LogP contribution in [-0.2, 0) is 15.6 Å². The lowest BCUT2D eigenvalue weighted by molar-refractivity contribution is 0.343. The number of phenols is 1. The zero-order valence-corrected chi connectivity index (χ0v) is 19.5. The van der Waals surface area contributed by atoms with Gasteiger partial charge in [-0.2, -0.15) is 0 Å².